The van der Waals surface area contributed by atoms with E-state index in [-0.39, 0.29) is 13.0 Å². The topological polar surface area (TPSA) is 101 Å². The van der Waals surface area contributed by atoms with Crippen molar-refractivity contribution in [3.8, 4) is 0 Å². The second kappa shape index (κ2) is 4.99. The average Bonchev–Trinajstić information content (AvgIpc) is 2.57. The molecular formula is C11H19NO6S. The van der Waals surface area contributed by atoms with Crippen LogP contribution in [0.25, 0.3) is 0 Å². The summed E-state index contributed by atoms with van der Waals surface area (Å²) in [5.74, 6) is -1.22. The van der Waals surface area contributed by atoms with Crippen molar-refractivity contribution in [2.75, 3.05) is 12.8 Å². The standard InChI is InChI=1S/C11H19NO6S/c1-11(2,3)18-10(15)12-6-7(19(4,16)17)5-8(12)9(13)14/h7-8H,5-6H2,1-4H3,(H,13,14)/t7-,8+/m1/s1. The summed E-state index contributed by atoms with van der Waals surface area (Å²) in [6.45, 7) is 4.82. The quantitative estimate of drug-likeness (QED) is 0.795. The fourth-order valence-corrected chi connectivity index (χ4v) is 2.83. The largest absolute Gasteiger partial charge is 0.480 e. The third kappa shape index (κ3) is 4.09. The lowest BCUT2D eigenvalue weighted by Crippen LogP contribution is -2.43. The summed E-state index contributed by atoms with van der Waals surface area (Å²) in [5.41, 5.74) is -0.761. The van der Waals surface area contributed by atoms with Gasteiger partial charge < -0.3 is 9.84 Å². The minimum atomic E-state index is -3.39. The molecule has 0 aromatic rings. The zero-order valence-electron chi connectivity index (χ0n) is 11.4. The van der Waals surface area contributed by atoms with Gasteiger partial charge in [-0.2, -0.15) is 0 Å². The van der Waals surface area contributed by atoms with Crippen molar-refractivity contribution in [3.05, 3.63) is 0 Å². The van der Waals surface area contributed by atoms with Crippen molar-refractivity contribution < 1.29 is 27.9 Å². The molecule has 110 valence electrons. The zero-order chi connectivity index (χ0) is 15.0. The number of carboxylic acid groups (broad SMARTS) is 1. The summed E-state index contributed by atoms with van der Waals surface area (Å²) >= 11 is 0. The van der Waals surface area contributed by atoms with Crippen molar-refractivity contribution in [1.29, 1.82) is 0 Å². The first kappa shape index (κ1) is 15.7. The van der Waals surface area contributed by atoms with Gasteiger partial charge in [0.05, 0.1) is 5.25 Å². The number of hydrogen-bond acceptors (Lipinski definition) is 5. The van der Waals surface area contributed by atoms with Crippen LogP contribution in [0.2, 0.25) is 0 Å². The van der Waals surface area contributed by atoms with Crippen LogP contribution in [0.3, 0.4) is 0 Å². The number of carboxylic acids is 1. The summed E-state index contributed by atoms with van der Waals surface area (Å²) < 4.78 is 28.1. The Morgan fingerprint density at radius 3 is 2.21 bits per heavy atom. The highest BCUT2D eigenvalue weighted by atomic mass is 32.2. The molecule has 0 aliphatic carbocycles. The number of carbonyl (C=O) groups excluding carboxylic acids is 1. The van der Waals surface area contributed by atoms with Gasteiger partial charge in [-0.15, -0.1) is 0 Å². The smallest absolute Gasteiger partial charge is 0.411 e. The van der Waals surface area contributed by atoms with Gasteiger partial charge in [-0.25, -0.2) is 18.0 Å². The van der Waals surface area contributed by atoms with Gasteiger partial charge in [0.1, 0.15) is 11.6 Å². The van der Waals surface area contributed by atoms with Crippen LogP contribution in [-0.4, -0.2) is 60.2 Å². The molecular weight excluding hydrogens is 274 g/mol. The molecule has 1 amide bonds. The van der Waals surface area contributed by atoms with Crippen LogP contribution in [0.5, 0.6) is 0 Å². The number of carbonyl (C=O) groups is 2. The molecule has 8 heteroatoms. The molecule has 7 nitrogen and oxygen atoms in total. The second-order valence-electron chi connectivity index (χ2n) is 5.67. The monoisotopic (exact) mass is 293 g/mol. The van der Waals surface area contributed by atoms with E-state index < -0.39 is 38.8 Å². The molecule has 1 aliphatic rings. The van der Waals surface area contributed by atoms with Crippen molar-refractivity contribution in [2.24, 2.45) is 0 Å². The van der Waals surface area contributed by atoms with Crippen LogP contribution >= 0.6 is 0 Å². The van der Waals surface area contributed by atoms with E-state index in [0.717, 1.165) is 11.2 Å². The molecule has 0 unspecified atom stereocenters. The maximum absolute atomic E-state index is 11.9. The summed E-state index contributed by atoms with van der Waals surface area (Å²) in [6.07, 6.45) is 0.133. The van der Waals surface area contributed by atoms with Crippen LogP contribution in [0.1, 0.15) is 27.2 Å². The number of rotatable bonds is 2. The first-order chi connectivity index (χ1) is 8.42. The molecule has 0 radical (unpaired) electrons. The molecule has 0 bridgehead atoms. The number of amides is 1. The molecule has 19 heavy (non-hydrogen) atoms. The lowest BCUT2D eigenvalue weighted by Gasteiger charge is -2.26. The summed E-state index contributed by atoms with van der Waals surface area (Å²) in [5, 5.41) is 8.21. The van der Waals surface area contributed by atoms with E-state index in [9.17, 15) is 18.0 Å². The minimum absolute atomic E-state index is 0.104. The van der Waals surface area contributed by atoms with E-state index in [4.69, 9.17) is 9.84 Å². The van der Waals surface area contributed by atoms with Gasteiger partial charge in [0, 0.05) is 12.8 Å². The average molecular weight is 293 g/mol. The molecule has 1 rings (SSSR count). The van der Waals surface area contributed by atoms with Crippen LogP contribution in [-0.2, 0) is 19.4 Å². The Bertz CT molecular complexity index is 478. The normalized spacial score (nSPS) is 24.3. The Morgan fingerprint density at radius 1 is 1.32 bits per heavy atom. The van der Waals surface area contributed by atoms with Gasteiger partial charge in [0.15, 0.2) is 9.84 Å². The Morgan fingerprint density at radius 2 is 1.84 bits per heavy atom. The Kier molecular flexibility index (Phi) is 4.14. The van der Waals surface area contributed by atoms with E-state index >= 15 is 0 Å². The van der Waals surface area contributed by atoms with Gasteiger partial charge in [-0.1, -0.05) is 0 Å². The molecule has 2 atom stereocenters. The first-order valence-corrected chi connectivity index (χ1v) is 7.78. The molecule has 1 aliphatic heterocycles. The maximum Gasteiger partial charge on any atom is 0.411 e. The number of nitrogens with zero attached hydrogens (tertiary/aromatic N) is 1. The zero-order valence-corrected chi connectivity index (χ0v) is 12.2. The maximum atomic E-state index is 11.9. The SMILES string of the molecule is CC(C)(C)OC(=O)N1C[C@H](S(C)(=O)=O)C[C@H]1C(=O)O. The van der Waals surface area contributed by atoms with Crippen LogP contribution < -0.4 is 0 Å². The molecule has 1 heterocycles. The number of sulfone groups is 1. The van der Waals surface area contributed by atoms with Gasteiger partial charge in [-0.05, 0) is 27.2 Å². The second-order valence-corrected chi connectivity index (χ2v) is 8.00. The van der Waals surface area contributed by atoms with Crippen LogP contribution in [0.4, 0.5) is 4.79 Å². The van der Waals surface area contributed by atoms with E-state index in [0.29, 0.717) is 0 Å². The van der Waals surface area contributed by atoms with Crippen LogP contribution in [0, 0.1) is 0 Å². The lowest BCUT2D eigenvalue weighted by atomic mass is 10.2. The summed E-state index contributed by atoms with van der Waals surface area (Å²) in [7, 11) is -3.39. The van der Waals surface area contributed by atoms with E-state index in [1.54, 1.807) is 20.8 Å². The van der Waals surface area contributed by atoms with Gasteiger partial charge in [0.25, 0.3) is 0 Å². The first-order valence-electron chi connectivity index (χ1n) is 5.83. The Hall–Kier alpha value is -1.31. The highest BCUT2D eigenvalue weighted by Gasteiger charge is 2.45. The van der Waals surface area contributed by atoms with Crippen molar-refractivity contribution >= 4 is 21.9 Å². The third-order valence-electron chi connectivity index (χ3n) is 2.78. The fourth-order valence-electron chi connectivity index (χ4n) is 1.86. The molecule has 0 saturated carbocycles. The minimum Gasteiger partial charge on any atom is -0.480 e. The third-order valence-corrected chi connectivity index (χ3v) is 4.33. The van der Waals surface area contributed by atoms with Crippen molar-refractivity contribution in [3.63, 3.8) is 0 Å². The molecule has 1 fully saturated rings. The van der Waals surface area contributed by atoms with E-state index in [2.05, 4.69) is 0 Å². The molecule has 1 saturated heterocycles. The Balaban J connectivity index is 2.92. The fraction of sp³-hybridized carbons (Fsp3) is 0.818. The molecule has 0 spiro atoms. The predicted molar refractivity (Wildman–Crippen MR) is 67.6 cm³/mol. The summed E-state index contributed by atoms with van der Waals surface area (Å²) in [4.78, 5) is 24.0. The number of aliphatic carboxylic acids is 1. The van der Waals surface area contributed by atoms with Gasteiger partial charge >= 0.3 is 12.1 Å². The molecule has 1 N–H and O–H groups in total. The van der Waals surface area contributed by atoms with E-state index in [1.807, 2.05) is 0 Å². The molecule has 0 aromatic heterocycles. The van der Waals surface area contributed by atoms with Crippen LogP contribution in [0.15, 0.2) is 0 Å². The number of ether oxygens (including phenoxy) is 1. The predicted octanol–water partition coefficient (Wildman–Crippen LogP) is 0.494. The summed E-state index contributed by atoms with van der Waals surface area (Å²) in [6, 6.07) is -1.16. The highest BCUT2D eigenvalue weighted by molar-refractivity contribution is 7.91. The van der Waals surface area contributed by atoms with E-state index in [1.165, 1.54) is 0 Å². The Labute approximate surface area is 112 Å². The van der Waals surface area contributed by atoms with Gasteiger partial charge in [-0.3, -0.25) is 4.90 Å². The van der Waals surface area contributed by atoms with Gasteiger partial charge in [0.2, 0.25) is 0 Å². The number of likely N-dealkylation sites (tertiary alicyclic amines) is 1. The highest BCUT2D eigenvalue weighted by Crippen LogP contribution is 2.25. The number of hydrogen-bond donors (Lipinski definition) is 1. The molecule has 0 aromatic carbocycles. The van der Waals surface area contributed by atoms with Crippen molar-refractivity contribution in [2.45, 2.75) is 44.1 Å². The lowest BCUT2D eigenvalue weighted by molar-refractivity contribution is -0.142. The van der Waals surface area contributed by atoms with Crippen molar-refractivity contribution in [1.82, 2.24) is 4.90 Å².